The minimum Gasteiger partial charge on any atom is -0.445 e. The molecule has 0 aromatic heterocycles. The topological polar surface area (TPSA) is 67.9 Å². The molecule has 26 heavy (non-hydrogen) atoms. The number of hydrogen-bond donors (Lipinski definition) is 2. The zero-order valence-corrected chi connectivity index (χ0v) is 16.1. The van der Waals surface area contributed by atoms with Crippen LogP contribution in [0.3, 0.4) is 0 Å². The molecule has 0 radical (unpaired) electrons. The number of amides is 2. The van der Waals surface area contributed by atoms with E-state index in [1.807, 2.05) is 30.3 Å². The summed E-state index contributed by atoms with van der Waals surface area (Å²) in [5.74, 6) is 0. The van der Waals surface area contributed by atoms with Gasteiger partial charge in [0.1, 0.15) is 17.6 Å². The molecule has 0 bridgehead atoms. The maximum atomic E-state index is 15.1. The van der Waals surface area contributed by atoms with Gasteiger partial charge < -0.3 is 19.7 Å². The third kappa shape index (κ3) is 5.79. The first kappa shape index (κ1) is 20.4. The van der Waals surface area contributed by atoms with Gasteiger partial charge in [-0.25, -0.2) is 14.0 Å². The fourth-order valence-electron chi connectivity index (χ4n) is 2.53. The predicted molar refractivity (Wildman–Crippen MR) is 98.8 cm³/mol. The summed E-state index contributed by atoms with van der Waals surface area (Å²) >= 11 is 4.15. The van der Waals surface area contributed by atoms with Crippen molar-refractivity contribution in [2.24, 2.45) is 0 Å². The highest BCUT2D eigenvalue weighted by molar-refractivity contribution is 7.81. The molecule has 2 rings (SSSR count). The number of alkyl carbamates (subject to hydrolysis) is 1. The van der Waals surface area contributed by atoms with E-state index in [1.54, 1.807) is 20.8 Å². The van der Waals surface area contributed by atoms with Crippen LogP contribution in [0.15, 0.2) is 30.3 Å². The predicted octanol–water partition coefficient (Wildman–Crippen LogP) is 3.52. The van der Waals surface area contributed by atoms with Gasteiger partial charge >= 0.3 is 12.2 Å². The summed E-state index contributed by atoms with van der Waals surface area (Å²) in [7, 11) is 0. The summed E-state index contributed by atoms with van der Waals surface area (Å²) in [6, 6.07) is 9.24. The zero-order chi connectivity index (χ0) is 19.4. The molecule has 1 aliphatic heterocycles. The van der Waals surface area contributed by atoms with E-state index in [1.165, 1.54) is 4.90 Å². The molecule has 1 aromatic rings. The average molecular weight is 384 g/mol. The number of carbonyl (C=O) groups excluding carboxylic acids is 2. The molecule has 1 aliphatic rings. The van der Waals surface area contributed by atoms with Gasteiger partial charge in [-0.15, -0.1) is 0 Å². The molecule has 1 saturated heterocycles. The van der Waals surface area contributed by atoms with Gasteiger partial charge in [0, 0.05) is 13.0 Å². The Kier molecular flexibility index (Phi) is 6.39. The lowest BCUT2D eigenvalue weighted by Gasteiger charge is -2.28. The van der Waals surface area contributed by atoms with Crippen molar-refractivity contribution >= 4 is 24.8 Å². The lowest BCUT2D eigenvalue weighted by Crippen LogP contribution is -2.49. The molecule has 1 heterocycles. The van der Waals surface area contributed by atoms with Gasteiger partial charge in [0.15, 0.2) is 5.67 Å². The minimum absolute atomic E-state index is 0.0530. The largest absolute Gasteiger partial charge is 0.445 e. The van der Waals surface area contributed by atoms with Crippen molar-refractivity contribution in [1.82, 2.24) is 10.2 Å². The third-order valence-corrected chi connectivity index (χ3v) is 4.45. The highest BCUT2D eigenvalue weighted by Gasteiger charge is 2.46. The number of ether oxygens (including phenoxy) is 2. The van der Waals surface area contributed by atoms with E-state index in [9.17, 15) is 9.59 Å². The number of rotatable bonds is 4. The lowest BCUT2D eigenvalue weighted by molar-refractivity contribution is 0.0458. The van der Waals surface area contributed by atoms with Crippen molar-refractivity contribution in [3.8, 4) is 0 Å². The molecule has 2 amide bonds. The number of benzene rings is 1. The summed E-state index contributed by atoms with van der Waals surface area (Å²) in [6.07, 6.45) is -1.29. The van der Waals surface area contributed by atoms with Crippen LogP contribution in [0, 0.1) is 0 Å². The van der Waals surface area contributed by atoms with Gasteiger partial charge in [-0.3, -0.25) is 0 Å². The van der Waals surface area contributed by atoms with Gasteiger partial charge in [0.05, 0.1) is 6.54 Å². The maximum absolute atomic E-state index is 15.1. The molecule has 0 aliphatic carbocycles. The molecular formula is C18H25FN2O4S. The van der Waals surface area contributed by atoms with Crippen LogP contribution in [0.1, 0.15) is 32.8 Å². The number of carbonyl (C=O) groups is 2. The van der Waals surface area contributed by atoms with Crippen LogP contribution < -0.4 is 5.32 Å². The molecule has 1 aromatic carbocycles. The van der Waals surface area contributed by atoms with Gasteiger partial charge in [0.2, 0.25) is 0 Å². The quantitative estimate of drug-likeness (QED) is 0.616. The van der Waals surface area contributed by atoms with Crippen molar-refractivity contribution in [2.75, 3.05) is 13.1 Å². The Morgan fingerprint density at radius 2 is 2.00 bits per heavy atom. The summed E-state index contributed by atoms with van der Waals surface area (Å²) in [6.45, 7) is 5.25. The zero-order valence-electron chi connectivity index (χ0n) is 15.2. The highest BCUT2D eigenvalue weighted by atomic mass is 32.1. The molecule has 0 saturated carbocycles. The van der Waals surface area contributed by atoms with Crippen LogP contribution in [-0.4, -0.2) is 46.8 Å². The molecule has 1 fully saturated rings. The minimum atomic E-state index is -1.86. The second-order valence-corrected chi connectivity index (χ2v) is 7.81. The second-order valence-electron chi connectivity index (χ2n) is 7.30. The molecule has 2 unspecified atom stereocenters. The smallest absolute Gasteiger partial charge is 0.410 e. The van der Waals surface area contributed by atoms with Gasteiger partial charge in [-0.1, -0.05) is 30.3 Å². The molecule has 6 nitrogen and oxygen atoms in total. The maximum Gasteiger partial charge on any atom is 0.410 e. The summed E-state index contributed by atoms with van der Waals surface area (Å²) < 4.78 is 25.4. The average Bonchev–Trinajstić information content (AvgIpc) is 2.95. The first-order chi connectivity index (χ1) is 12.1. The van der Waals surface area contributed by atoms with E-state index in [2.05, 4.69) is 17.9 Å². The van der Waals surface area contributed by atoms with Gasteiger partial charge in [0.25, 0.3) is 0 Å². The van der Waals surface area contributed by atoms with Crippen LogP contribution in [0.5, 0.6) is 0 Å². The molecule has 1 N–H and O–H groups in total. The summed E-state index contributed by atoms with van der Waals surface area (Å²) in [5, 5.41) is 1.29. The standard InChI is InChI=1S/C18H25FN2O4S/c1-17(2,3)25-15(22)20-14(26)18(19)9-10-21(12-18)16(23)24-11-13-7-5-4-6-8-13/h4-8,14,26H,9-12H2,1-3H3,(H,20,22). The van der Waals surface area contributed by atoms with E-state index in [0.717, 1.165) is 5.56 Å². The van der Waals surface area contributed by atoms with E-state index < -0.39 is 28.8 Å². The highest BCUT2D eigenvalue weighted by Crippen LogP contribution is 2.31. The van der Waals surface area contributed by atoms with Crippen LogP contribution in [-0.2, 0) is 16.1 Å². The number of alkyl halides is 1. The van der Waals surface area contributed by atoms with E-state index in [0.29, 0.717) is 0 Å². The third-order valence-electron chi connectivity index (χ3n) is 3.86. The van der Waals surface area contributed by atoms with Gasteiger partial charge in [-0.05, 0) is 26.3 Å². The second kappa shape index (κ2) is 8.16. The Balaban J connectivity index is 1.85. The Morgan fingerprint density at radius 1 is 1.35 bits per heavy atom. The van der Waals surface area contributed by atoms with E-state index in [-0.39, 0.29) is 26.1 Å². The van der Waals surface area contributed by atoms with Crippen molar-refractivity contribution in [3.05, 3.63) is 35.9 Å². The number of thiol groups is 1. The SMILES string of the molecule is CC(C)(C)OC(=O)NC(S)C1(F)CCN(C(=O)OCc2ccccc2)C1. The van der Waals surface area contributed by atoms with Crippen LogP contribution in [0.25, 0.3) is 0 Å². The van der Waals surface area contributed by atoms with Crippen LogP contribution in [0.4, 0.5) is 14.0 Å². The number of nitrogens with zero attached hydrogens (tertiary/aromatic N) is 1. The number of likely N-dealkylation sites (tertiary alicyclic amines) is 1. The Hall–Kier alpha value is -1.96. The van der Waals surface area contributed by atoms with Crippen molar-refractivity contribution in [3.63, 3.8) is 0 Å². The van der Waals surface area contributed by atoms with E-state index in [4.69, 9.17) is 9.47 Å². The molecule has 8 heteroatoms. The Labute approximate surface area is 158 Å². The number of halogens is 1. The monoisotopic (exact) mass is 384 g/mol. The summed E-state index contributed by atoms with van der Waals surface area (Å²) in [4.78, 5) is 25.2. The molecule has 144 valence electrons. The first-order valence-corrected chi connectivity index (χ1v) is 8.93. The molecule has 0 spiro atoms. The summed E-state index contributed by atoms with van der Waals surface area (Å²) in [5.41, 5.74) is -1.69. The number of nitrogens with one attached hydrogen (secondary N) is 1. The Morgan fingerprint density at radius 3 is 2.62 bits per heavy atom. The normalized spacial score (nSPS) is 21.2. The van der Waals surface area contributed by atoms with Crippen LogP contribution >= 0.6 is 12.6 Å². The van der Waals surface area contributed by atoms with E-state index >= 15 is 4.39 Å². The molecule has 2 atom stereocenters. The molecular weight excluding hydrogens is 359 g/mol. The van der Waals surface area contributed by atoms with Crippen molar-refractivity contribution < 1.29 is 23.5 Å². The Bertz CT molecular complexity index is 638. The van der Waals surface area contributed by atoms with Crippen molar-refractivity contribution in [1.29, 1.82) is 0 Å². The fourth-order valence-corrected chi connectivity index (χ4v) is 2.85. The fraction of sp³-hybridized carbons (Fsp3) is 0.556. The van der Waals surface area contributed by atoms with Gasteiger partial charge in [-0.2, -0.15) is 12.6 Å². The number of hydrogen-bond acceptors (Lipinski definition) is 5. The van der Waals surface area contributed by atoms with Crippen LogP contribution in [0.2, 0.25) is 0 Å². The lowest BCUT2D eigenvalue weighted by atomic mass is 10.1. The first-order valence-electron chi connectivity index (χ1n) is 8.41. The van der Waals surface area contributed by atoms with Crippen molar-refractivity contribution in [2.45, 2.75) is 50.4 Å².